The molecule has 4 rings (SSSR count). The van der Waals surface area contributed by atoms with Crippen LogP contribution in [0.5, 0.6) is 5.75 Å². The number of methoxy groups -OCH3 is 1. The Balaban J connectivity index is 1.62. The van der Waals surface area contributed by atoms with E-state index in [-0.39, 0.29) is 0 Å². The van der Waals surface area contributed by atoms with E-state index in [1.54, 1.807) is 37.5 Å². The first-order chi connectivity index (χ1) is 13.3. The minimum Gasteiger partial charge on any atom is -0.497 e. The van der Waals surface area contributed by atoms with E-state index in [0.717, 1.165) is 39.4 Å². The molecule has 1 aromatic carbocycles. The van der Waals surface area contributed by atoms with E-state index in [1.165, 1.54) is 0 Å². The molecule has 0 spiro atoms. The zero-order chi connectivity index (χ0) is 18.5. The second-order valence-electron chi connectivity index (χ2n) is 5.85. The van der Waals surface area contributed by atoms with Gasteiger partial charge in [0.15, 0.2) is 11.0 Å². The highest BCUT2D eigenvalue weighted by molar-refractivity contribution is 7.98. The minimum absolute atomic E-state index is 0.560. The summed E-state index contributed by atoms with van der Waals surface area (Å²) in [6.45, 7) is 0.560. The first kappa shape index (κ1) is 17.4. The number of pyridine rings is 1. The van der Waals surface area contributed by atoms with Crippen molar-refractivity contribution in [3.63, 3.8) is 0 Å². The molecule has 0 saturated carbocycles. The molecule has 0 aliphatic heterocycles. The van der Waals surface area contributed by atoms with Crippen LogP contribution >= 0.6 is 11.8 Å². The maximum Gasteiger partial charge on any atom is 0.192 e. The summed E-state index contributed by atoms with van der Waals surface area (Å²) in [5.74, 6) is 3.23. The molecule has 0 amide bonds. The van der Waals surface area contributed by atoms with Gasteiger partial charge in [-0.2, -0.15) is 0 Å². The van der Waals surface area contributed by atoms with Crippen LogP contribution in [0.2, 0.25) is 0 Å². The van der Waals surface area contributed by atoms with Gasteiger partial charge in [0.2, 0.25) is 0 Å². The second kappa shape index (κ2) is 8.09. The van der Waals surface area contributed by atoms with E-state index >= 15 is 0 Å². The maximum absolute atomic E-state index is 5.53. The van der Waals surface area contributed by atoms with Crippen LogP contribution in [0.3, 0.4) is 0 Å². The minimum atomic E-state index is 0.560. The molecule has 7 heteroatoms. The summed E-state index contributed by atoms with van der Waals surface area (Å²) < 4.78 is 12.9. The number of ether oxygens (including phenoxy) is 1. The van der Waals surface area contributed by atoms with E-state index in [1.807, 2.05) is 42.5 Å². The summed E-state index contributed by atoms with van der Waals surface area (Å²) in [4.78, 5) is 4.20. The van der Waals surface area contributed by atoms with Crippen LogP contribution in [0, 0.1) is 0 Å². The third kappa shape index (κ3) is 4.03. The lowest BCUT2D eigenvalue weighted by Crippen LogP contribution is -2.03. The number of hydrogen-bond acceptors (Lipinski definition) is 6. The molecule has 0 N–H and O–H groups in total. The molecule has 27 heavy (non-hydrogen) atoms. The van der Waals surface area contributed by atoms with Gasteiger partial charge in [-0.3, -0.25) is 9.55 Å². The van der Waals surface area contributed by atoms with E-state index in [4.69, 9.17) is 9.15 Å². The number of benzene rings is 1. The van der Waals surface area contributed by atoms with Crippen LogP contribution in [-0.2, 0) is 12.3 Å². The van der Waals surface area contributed by atoms with E-state index < -0.39 is 0 Å². The number of hydrogen-bond donors (Lipinski definition) is 0. The average Bonchev–Trinajstić information content (AvgIpc) is 3.38. The monoisotopic (exact) mass is 378 g/mol. The average molecular weight is 378 g/mol. The molecule has 0 radical (unpaired) electrons. The summed E-state index contributed by atoms with van der Waals surface area (Å²) in [5, 5.41) is 9.63. The van der Waals surface area contributed by atoms with Crippen molar-refractivity contribution in [3.05, 3.63) is 78.5 Å². The summed E-state index contributed by atoms with van der Waals surface area (Å²) in [7, 11) is 1.67. The topological polar surface area (TPSA) is 66.0 Å². The molecule has 0 unspecified atom stereocenters. The number of rotatable bonds is 7. The molecule has 0 atom stereocenters. The highest BCUT2D eigenvalue weighted by atomic mass is 32.2. The SMILES string of the molecule is COc1cccc(CSc2nnc(-c3cccnc3)n2Cc2ccco2)c1. The van der Waals surface area contributed by atoms with Gasteiger partial charge in [-0.15, -0.1) is 10.2 Å². The first-order valence-electron chi connectivity index (χ1n) is 8.45. The molecule has 0 fully saturated rings. The molecule has 3 aromatic heterocycles. The van der Waals surface area contributed by atoms with Crippen molar-refractivity contribution in [2.24, 2.45) is 0 Å². The van der Waals surface area contributed by atoms with E-state index in [2.05, 4.69) is 25.8 Å². The van der Waals surface area contributed by atoms with Crippen molar-refractivity contribution < 1.29 is 9.15 Å². The quantitative estimate of drug-likeness (QED) is 0.447. The Labute approximate surface area is 161 Å². The summed E-state index contributed by atoms with van der Waals surface area (Å²) >= 11 is 1.63. The lowest BCUT2D eigenvalue weighted by Gasteiger charge is -2.09. The fraction of sp³-hybridized carbons (Fsp3) is 0.150. The fourth-order valence-corrected chi connectivity index (χ4v) is 3.60. The lowest BCUT2D eigenvalue weighted by atomic mass is 10.2. The van der Waals surface area contributed by atoms with Crippen LogP contribution in [0.15, 0.2) is 76.8 Å². The zero-order valence-electron chi connectivity index (χ0n) is 14.8. The van der Waals surface area contributed by atoms with Crippen molar-refractivity contribution in [3.8, 4) is 17.1 Å². The molecule has 6 nitrogen and oxygen atoms in total. The lowest BCUT2D eigenvalue weighted by molar-refractivity contribution is 0.414. The van der Waals surface area contributed by atoms with E-state index in [9.17, 15) is 0 Å². The molecule has 0 aliphatic carbocycles. The number of aromatic nitrogens is 4. The van der Waals surface area contributed by atoms with Gasteiger partial charge in [-0.1, -0.05) is 23.9 Å². The van der Waals surface area contributed by atoms with Crippen LogP contribution in [0.1, 0.15) is 11.3 Å². The molecule has 136 valence electrons. The number of thioether (sulfide) groups is 1. The summed E-state index contributed by atoms with van der Waals surface area (Å²) in [6, 6.07) is 15.7. The standard InChI is InChI=1S/C20H18N4O2S/c1-25-17-7-2-5-15(11-17)14-27-20-23-22-19(16-6-3-9-21-12-16)24(20)13-18-8-4-10-26-18/h2-12H,13-14H2,1H3. The molecule has 0 bridgehead atoms. The molecule has 4 aromatic rings. The molecule has 0 saturated heterocycles. The normalized spacial score (nSPS) is 10.9. The smallest absolute Gasteiger partial charge is 0.192 e. The van der Waals surface area contributed by atoms with Gasteiger partial charge in [0.05, 0.1) is 19.9 Å². The second-order valence-corrected chi connectivity index (χ2v) is 6.80. The Hall–Kier alpha value is -3.06. The van der Waals surface area contributed by atoms with Crippen LogP contribution in [0.25, 0.3) is 11.4 Å². The van der Waals surface area contributed by atoms with Gasteiger partial charge in [-0.25, -0.2) is 0 Å². The van der Waals surface area contributed by atoms with Crippen molar-refractivity contribution in [1.82, 2.24) is 19.7 Å². The van der Waals surface area contributed by atoms with E-state index in [0.29, 0.717) is 6.54 Å². The Morgan fingerprint density at radius 1 is 1.11 bits per heavy atom. The van der Waals surface area contributed by atoms with Gasteiger partial charge in [-0.05, 0) is 42.0 Å². The van der Waals surface area contributed by atoms with Gasteiger partial charge >= 0.3 is 0 Å². The van der Waals surface area contributed by atoms with Crippen LogP contribution in [-0.4, -0.2) is 26.9 Å². The van der Waals surface area contributed by atoms with Crippen LogP contribution < -0.4 is 4.74 Å². The van der Waals surface area contributed by atoms with Crippen molar-refractivity contribution in [1.29, 1.82) is 0 Å². The molecule has 0 aliphatic rings. The highest BCUT2D eigenvalue weighted by Gasteiger charge is 2.16. The van der Waals surface area contributed by atoms with Gasteiger partial charge < -0.3 is 9.15 Å². The largest absolute Gasteiger partial charge is 0.497 e. The third-order valence-corrected chi connectivity index (χ3v) is 5.07. The van der Waals surface area contributed by atoms with Crippen molar-refractivity contribution >= 4 is 11.8 Å². The molecular weight excluding hydrogens is 360 g/mol. The zero-order valence-corrected chi connectivity index (χ0v) is 15.6. The van der Waals surface area contributed by atoms with Crippen molar-refractivity contribution in [2.75, 3.05) is 7.11 Å². The Bertz CT molecular complexity index is 1000. The number of furan rings is 1. The predicted octanol–water partition coefficient (Wildman–Crippen LogP) is 4.28. The Morgan fingerprint density at radius 3 is 2.85 bits per heavy atom. The van der Waals surface area contributed by atoms with Gasteiger partial charge in [0, 0.05) is 23.7 Å². The Morgan fingerprint density at radius 2 is 2.07 bits per heavy atom. The predicted molar refractivity (Wildman–Crippen MR) is 104 cm³/mol. The summed E-state index contributed by atoms with van der Waals surface area (Å²) in [5.41, 5.74) is 2.08. The Kier molecular flexibility index (Phi) is 5.20. The highest BCUT2D eigenvalue weighted by Crippen LogP contribution is 2.28. The maximum atomic E-state index is 5.53. The first-order valence-corrected chi connectivity index (χ1v) is 9.44. The number of nitrogens with zero attached hydrogens (tertiary/aromatic N) is 4. The van der Waals surface area contributed by atoms with Crippen molar-refractivity contribution in [2.45, 2.75) is 17.5 Å². The molecule has 3 heterocycles. The van der Waals surface area contributed by atoms with Crippen LogP contribution in [0.4, 0.5) is 0 Å². The molecular formula is C20H18N4O2S. The fourth-order valence-electron chi connectivity index (χ4n) is 2.72. The third-order valence-electron chi connectivity index (χ3n) is 4.03. The van der Waals surface area contributed by atoms with Gasteiger partial charge in [0.1, 0.15) is 11.5 Å². The summed E-state index contributed by atoms with van der Waals surface area (Å²) in [6.07, 6.45) is 5.21. The van der Waals surface area contributed by atoms with Gasteiger partial charge in [0.25, 0.3) is 0 Å².